The highest BCUT2D eigenvalue weighted by Gasteiger charge is 2.05. The first kappa shape index (κ1) is 29.7. The van der Waals surface area contributed by atoms with Crippen LogP contribution in [0.3, 0.4) is 0 Å². The Balaban J connectivity index is 1.64. The van der Waals surface area contributed by atoms with Crippen molar-refractivity contribution in [2.45, 2.75) is 58.3 Å². The first-order chi connectivity index (χ1) is 18.0. The number of ether oxygens (including phenoxy) is 4. The molecule has 6 nitrogen and oxygen atoms in total. The van der Waals surface area contributed by atoms with Gasteiger partial charge in [0, 0.05) is 12.2 Å². The largest absolute Gasteiger partial charge is 0.494 e. The van der Waals surface area contributed by atoms with Gasteiger partial charge in [0.15, 0.2) is 0 Å². The van der Waals surface area contributed by atoms with E-state index in [1.807, 2.05) is 18.2 Å². The van der Waals surface area contributed by atoms with Gasteiger partial charge in [-0.3, -0.25) is 0 Å². The van der Waals surface area contributed by atoms with Crippen molar-refractivity contribution in [3.63, 3.8) is 0 Å². The molecule has 0 atom stereocenters. The zero-order chi connectivity index (χ0) is 26.7. The van der Waals surface area contributed by atoms with Gasteiger partial charge < -0.3 is 18.9 Å². The summed E-state index contributed by atoms with van der Waals surface area (Å²) in [4.78, 5) is 22.0. The molecule has 0 N–H and O–H groups in total. The minimum absolute atomic E-state index is 0.364. The lowest BCUT2D eigenvalue weighted by atomic mass is 10.0. The van der Waals surface area contributed by atoms with Gasteiger partial charge in [-0.1, -0.05) is 31.4 Å². The highest BCUT2D eigenvalue weighted by atomic mass is 16.5. The summed E-state index contributed by atoms with van der Waals surface area (Å²) in [5.41, 5.74) is 3.38. The Hall–Kier alpha value is -3.54. The number of hydrogen-bond donors (Lipinski definition) is 0. The Morgan fingerprint density at radius 3 is 1.65 bits per heavy atom. The van der Waals surface area contributed by atoms with E-state index < -0.39 is 0 Å². The van der Waals surface area contributed by atoms with Gasteiger partial charge >= 0.3 is 11.9 Å². The van der Waals surface area contributed by atoms with Gasteiger partial charge in [-0.25, -0.2) is 9.59 Å². The van der Waals surface area contributed by atoms with Gasteiger partial charge in [-0.15, -0.1) is 0 Å². The van der Waals surface area contributed by atoms with E-state index in [0.29, 0.717) is 26.4 Å². The van der Waals surface area contributed by atoms with Crippen molar-refractivity contribution in [2.75, 3.05) is 26.4 Å². The van der Waals surface area contributed by atoms with Crippen molar-refractivity contribution in [3.8, 4) is 22.6 Å². The van der Waals surface area contributed by atoms with Gasteiger partial charge in [0.25, 0.3) is 0 Å². The van der Waals surface area contributed by atoms with Gasteiger partial charge in [0.2, 0.25) is 0 Å². The maximum absolute atomic E-state index is 11.0. The molecule has 2 aromatic carbocycles. The fourth-order valence-electron chi connectivity index (χ4n) is 3.69. The SMILES string of the molecule is C=CC(=O)OCCCCCCOc1ccc(-c2ccc(OCCCCCCOC(=O)C=C)c(C)c2)cc1. The molecule has 0 aliphatic heterocycles. The van der Waals surface area contributed by atoms with Crippen LogP contribution in [0.2, 0.25) is 0 Å². The summed E-state index contributed by atoms with van der Waals surface area (Å²) >= 11 is 0. The maximum atomic E-state index is 11.0. The molecule has 0 saturated heterocycles. The quantitative estimate of drug-likeness (QED) is 0.116. The lowest BCUT2D eigenvalue weighted by Crippen LogP contribution is -2.02. The molecular weight excluding hydrogens is 468 g/mol. The summed E-state index contributed by atoms with van der Waals surface area (Å²) < 4.78 is 21.8. The standard InChI is InChI=1S/C31H40O6/c1-4-30(32)36-22-12-8-6-10-20-34-28-17-14-26(15-18-28)27-16-19-29(25(3)24-27)35-21-11-7-9-13-23-37-31(33)5-2/h4-5,14-19,24H,1-2,6-13,20-23H2,3H3. The molecule has 0 aliphatic rings. The Morgan fingerprint density at radius 1 is 0.649 bits per heavy atom. The molecule has 200 valence electrons. The smallest absolute Gasteiger partial charge is 0.330 e. The lowest BCUT2D eigenvalue weighted by Gasteiger charge is -2.12. The summed E-state index contributed by atoms with van der Waals surface area (Å²) in [6.45, 7) is 11.0. The van der Waals surface area contributed by atoms with Crippen molar-refractivity contribution in [3.05, 3.63) is 73.3 Å². The predicted octanol–water partition coefficient (Wildman–Crippen LogP) is 7.00. The molecule has 2 rings (SSSR count). The molecular formula is C31H40O6. The van der Waals surface area contributed by atoms with Crippen molar-refractivity contribution < 1.29 is 28.5 Å². The molecule has 0 radical (unpaired) electrons. The molecule has 0 bridgehead atoms. The zero-order valence-electron chi connectivity index (χ0n) is 22.0. The number of unbranched alkanes of at least 4 members (excludes halogenated alkanes) is 6. The van der Waals surface area contributed by atoms with Crippen LogP contribution in [0, 0.1) is 6.92 Å². The fourth-order valence-corrected chi connectivity index (χ4v) is 3.69. The molecule has 2 aromatic rings. The summed E-state index contributed by atoms with van der Waals surface area (Å²) in [6, 6.07) is 14.4. The van der Waals surface area contributed by atoms with Crippen molar-refractivity contribution in [2.24, 2.45) is 0 Å². The average Bonchev–Trinajstić information content (AvgIpc) is 2.92. The summed E-state index contributed by atoms with van der Waals surface area (Å²) in [6.07, 6.45) is 10.1. The van der Waals surface area contributed by atoms with Crippen LogP contribution in [0.4, 0.5) is 0 Å². The average molecular weight is 509 g/mol. The Bertz CT molecular complexity index is 980. The number of carbonyl (C=O) groups is 2. The van der Waals surface area contributed by atoms with E-state index in [2.05, 4.69) is 44.3 Å². The summed E-state index contributed by atoms with van der Waals surface area (Å²) in [5, 5.41) is 0. The van der Waals surface area contributed by atoms with E-state index in [0.717, 1.165) is 79.6 Å². The van der Waals surface area contributed by atoms with Gasteiger partial charge in [0.05, 0.1) is 26.4 Å². The van der Waals surface area contributed by atoms with E-state index in [-0.39, 0.29) is 11.9 Å². The van der Waals surface area contributed by atoms with Gasteiger partial charge in [-0.2, -0.15) is 0 Å². The Morgan fingerprint density at radius 2 is 1.14 bits per heavy atom. The van der Waals surface area contributed by atoms with Crippen LogP contribution in [0.5, 0.6) is 11.5 Å². The molecule has 6 heteroatoms. The van der Waals surface area contributed by atoms with Crippen LogP contribution in [-0.4, -0.2) is 38.4 Å². The first-order valence-electron chi connectivity index (χ1n) is 13.1. The molecule has 0 aromatic heterocycles. The number of hydrogen-bond acceptors (Lipinski definition) is 6. The normalized spacial score (nSPS) is 10.4. The topological polar surface area (TPSA) is 71.1 Å². The molecule has 0 fully saturated rings. The molecule has 0 spiro atoms. The predicted molar refractivity (Wildman–Crippen MR) is 147 cm³/mol. The molecule has 0 amide bonds. The third-order valence-electron chi connectivity index (χ3n) is 5.79. The lowest BCUT2D eigenvalue weighted by molar-refractivity contribution is -0.138. The molecule has 37 heavy (non-hydrogen) atoms. The molecule has 0 unspecified atom stereocenters. The van der Waals surface area contributed by atoms with E-state index >= 15 is 0 Å². The second-order valence-corrected chi connectivity index (χ2v) is 8.77. The number of carbonyl (C=O) groups excluding carboxylic acids is 2. The monoisotopic (exact) mass is 508 g/mol. The summed E-state index contributed by atoms with van der Waals surface area (Å²) in [7, 11) is 0. The van der Waals surface area contributed by atoms with Crippen LogP contribution in [0.25, 0.3) is 11.1 Å². The summed E-state index contributed by atoms with van der Waals surface area (Å²) in [5.74, 6) is 1.04. The van der Waals surface area contributed by atoms with Crippen LogP contribution >= 0.6 is 0 Å². The Labute approximate surface area is 221 Å². The molecule has 0 saturated carbocycles. The van der Waals surface area contributed by atoms with E-state index in [9.17, 15) is 9.59 Å². The van der Waals surface area contributed by atoms with Crippen LogP contribution in [0.1, 0.15) is 56.9 Å². The van der Waals surface area contributed by atoms with Gasteiger partial charge in [-0.05, 0) is 99.2 Å². The number of benzene rings is 2. The molecule has 0 heterocycles. The number of aryl methyl sites for hydroxylation is 1. The van der Waals surface area contributed by atoms with Crippen molar-refractivity contribution in [1.29, 1.82) is 0 Å². The van der Waals surface area contributed by atoms with Gasteiger partial charge in [0.1, 0.15) is 11.5 Å². The third-order valence-corrected chi connectivity index (χ3v) is 5.79. The third kappa shape index (κ3) is 12.3. The van der Waals surface area contributed by atoms with E-state index in [1.54, 1.807) is 0 Å². The number of esters is 2. The second-order valence-electron chi connectivity index (χ2n) is 8.77. The number of rotatable bonds is 19. The highest BCUT2D eigenvalue weighted by molar-refractivity contribution is 5.81. The van der Waals surface area contributed by atoms with Crippen molar-refractivity contribution in [1.82, 2.24) is 0 Å². The minimum Gasteiger partial charge on any atom is -0.494 e. The van der Waals surface area contributed by atoms with Crippen LogP contribution in [-0.2, 0) is 19.1 Å². The van der Waals surface area contributed by atoms with E-state index in [1.165, 1.54) is 12.2 Å². The zero-order valence-corrected chi connectivity index (χ0v) is 22.0. The minimum atomic E-state index is -0.364. The first-order valence-corrected chi connectivity index (χ1v) is 13.1. The van der Waals surface area contributed by atoms with E-state index in [4.69, 9.17) is 18.9 Å². The van der Waals surface area contributed by atoms with Crippen LogP contribution < -0.4 is 9.47 Å². The molecule has 0 aliphatic carbocycles. The highest BCUT2D eigenvalue weighted by Crippen LogP contribution is 2.28. The fraction of sp³-hybridized carbons (Fsp3) is 0.419. The van der Waals surface area contributed by atoms with Crippen molar-refractivity contribution >= 4 is 11.9 Å². The van der Waals surface area contributed by atoms with Crippen LogP contribution in [0.15, 0.2) is 67.8 Å². The maximum Gasteiger partial charge on any atom is 0.330 e. The Kier molecular flexibility index (Phi) is 14.3. The second kappa shape index (κ2) is 17.8.